The van der Waals surface area contributed by atoms with Crippen molar-refractivity contribution in [1.82, 2.24) is 10.3 Å². The maximum absolute atomic E-state index is 11.9. The van der Waals surface area contributed by atoms with E-state index in [0.717, 1.165) is 30.0 Å². The van der Waals surface area contributed by atoms with Crippen LogP contribution in [-0.2, 0) is 4.74 Å². The standard InChI is InChI=1S/C18H24N4O2/c1-10-6-12(7-19)20-16(11(10)2)22-8-13-14(9-22)15(13)21-17(23)24-18(3,4)5/h6,13-15H,8-9H2,1-5H3,(H,21,23). The molecule has 1 aliphatic carbocycles. The number of anilines is 1. The lowest BCUT2D eigenvalue weighted by Crippen LogP contribution is -2.38. The number of nitrogens with one attached hydrogen (secondary N) is 1. The van der Waals surface area contributed by atoms with Crippen LogP contribution in [-0.4, -0.2) is 35.8 Å². The molecule has 2 atom stereocenters. The molecule has 1 N–H and O–H groups in total. The Morgan fingerprint density at radius 3 is 2.54 bits per heavy atom. The smallest absolute Gasteiger partial charge is 0.407 e. The Labute approximate surface area is 142 Å². The first kappa shape index (κ1) is 16.6. The number of rotatable bonds is 2. The number of carbonyl (C=O) groups excluding carboxylic acids is 1. The summed E-state index contributed by atoms with van der Waals surface area (Å²) in [7, 11) is 0. The van der Waals surface area contributed by atoms with Gasteiger partial charge in [0, 0.05) is 31.0 Å². The fourth-order valence-electron chi connectivity index (χ4n) is 3.44. The maximum Gasteiger partial charge on any atom is 0.407 e. The van der Waals surface area contributed by atoms with E-state index in [1.807, 2.05) is 40.7 Å². The number of piperidine rings is 1. The van der Waals surface area contributed by atoms with Gasteiger partial charge in [-0.15, -0.1) is 0 Å². The van der Waals surface area contributed by atoms with Crippen LogP contribution in [0, 0.1) is 37.0 Å². The highest BCUT2D eigenvalue weighted by atomic mass is 16.6. The van der Waals surface area contributed by atoms with Gasteiger partial charge in [0.25, 0.3) is 0 Å². The van der Waals surface area contributed by atoms with Gasteiger partial charge < -0.3 is 15.0 Å². The third-order valence-electron chi connectivity index (χ3n) is 4.80. The molecule has 6 nitrogen and oxygen atoms in total. The molecule has 1 amide bonds. The minimum Gasteiger partial charge on any atom is -0.444 e. The molecule has 2 fully saturated rings. The molecule has 2 unspecified atom stereocenters. The van der Waals surface area contributed by atoms with Crippen LogP contribution < -0.4 is 10.2 Å². The highest BCUT2D eigenvalue weighted by Gasteiger charge is 2.57. The number of amides is 1. The molecule has 0 bridgehead atoms. The molecule has 0 aromatic carbocycles. The topological polar surface area (TPSA) is 78.3 Å². The zero-order valence-corrected chi connectivity index (χ0v) is 14.9. The molecule has 1 aromatic heterocycles. The van der Waals surface area contributed by atoms with Crippen molar-refractivity contribution in [2.75, 3.05) is 18.0 Å². The Morgan fingerprint density at radius 2 is 2.00 bits per heavy atom. The zero-order valence-electron chi connectivity index (χ0n) is 14.9. The molecule has 1 saturated heterocycles. The fraction of sp³-hybridized carbons (Fsp3) is 0.611. The van der Waals surface area contributed by atoms with Gasteiger partial charge in [-0.3, -0.25) is 0 Å². The second-order valence-electron chi connectivity index (χ2n) is 7.79. The molecule has 1 aliphatic heterocycles. The molecule has 6 heteroatoms. The number of ether oxygens (including phenoxy) is 1. The van der Waals surface area contributed by atoms with Crippen molar-refractivity contribution in [2.24, 2.45) is 11.8 Å². The first-order chi connectivity index (χ1) is 11.2. The van der Waals surface area contributed by atoms with Crippen LogP contribution in [0.4, 0.5) is 10.6 Å². The number of alkyl carbamates (subject to hydrolysis) is 1. The average Bonchev–Trinajstić information content (AvgIpc) is 2.92. The first-order valence-electron chi connectivity index (χ1n) is 8.32. The number of hydrogen-bond acceptors (Lipinski definition) is 5. The molecule has 2 aliphatic rings. The van der Waals surface area contributed by atoms with Crippen molar-refractivity contribution in [3.05, 3.63) is 22.9 Å². The van der Waals surface area contributed by atoms with Crippen molar-refractivity contribution >= 4 is 11.9 Å². The van der Waals surface area contributed by atoms with E-state index in [2.05, 4.69) is 21.3 Å². The van der Waals surface area contributed by atoms with Gasteiger partial charge in [0.15, 0.2) is 0 Å². The van der Waals surface area contributed by atoms with Gasteiger partial charge in [0.1, 0.15) is 23.2 Å². The third-order valence-corrected chi connectivity index (χ3v) is 4.80. The van der Waals surface area contributed by atoms with Crippen molar-refractivity contribution in [3.63, 3.8) is 0 Å². The number of aryl methyl sites for hydroxylation is 1. The summed E-state index contributed by atoms with van der Waals surface area (Å²) in [6, 6.07) is 4.14. The minimum atomic E-state index is -0.476. The summed E-state index contributed by atoms with van der Waals surface area (Å²) >= 11 is 0. The van der Waals surface area contributed by atoms with Crippen LogP contribution in [0.15, 0.2) is 6.07 Å². The molecule has 128 valence electrons. The van der Waals surface area contributed by atoms with E-state index in [1.54, 1.807) is 0 Å². The lowest BCUT2D eigenvalue weighted by molar-refractivity contribution is 0.0518. The van der Waals surface area contributed by atoms with E-state index < -0.39 is 5.60 Å². The van der Waals surface area contributed by atoms with Crippen LogP contribution in [0.1, 0.15) is 37.6 Å². The summed E-state index contributed by atoms with van der Waals surface area (Å²) in [4.78, 5) is 18.6. The monoisotopic (exact) mass is 328 g/mol. The molecular formula is C18H24N4O2. The van der Waals surface area contributed by atoms with E-state index >= 15 is 0 Å². The molecule has 1 saturated carbocycles. The molecular weight excluding hydrogens is 304 g/mol. The number of nitriles is 1. The maximum atomic E-state index is 11.9. The predicted octanol–water partition coefficient (Wildman–Crippen LogP) is 2.53. The van der Waals surface area contributed by atoms with E-state index in [-0.39, 0.29) is 12.1 Å². The number of nitrogens with zero attached hydrogens (tertiary/aromatic N) is 3. The summed E-state index contributed by atoms with van der Waals surface area (Å²) in [6.45, 7) is 11.3. The minimum absolute atomic E-state index is 0.191. The Bertz CT molecular complexity index is 705. The first-order valence-corrected chi connectivity index (χ1v) is 8.32. The van der Waals surface area contributed by atoms with Crippen molar-refractivity contribution in [1.29, 1.82) is 5.26 Å². The van der Waals surface area contributed by atoms with Crippen molar-refractivity contribution in [3.8, 4) is 6.07 Å². The number of pyridine rings is 1. The third kappa shape index (κ3) is 3.16. The Balaban J connectivity index is 1.62. The number of hydrogen-bond donors (Lipinski definition) is 1. The summed E-state index contributed by atoms with van der Waals surface area (Å²) in [5, 5.41) is 12.1. The molecule has 3 rings (SSSR count). The summed E-state index contributed by atoms with van der Waals surface area (Å²) in [5.74, 6) is 1.77. The Morgan fingerprint density at radius 1 is 1.38 bits per heavy atom. The Hall–Kier alpha value is -2.29. The fourth-order valence-corrected chi connectivity index (χ4v) is 3.44. The van der Waals surface area contributed by atoms with Gasteiger partial charge in [-0.05, 0) is 51.8 Å². The van der Waals surface area contributed by atoms with Gasteiger partial charge in [-0.2, -0.15) is 5.26 Å². The molecule has 0 radical (unpaired) electrons. The van der Waals surface area contributed by atoms with E-state index in [9.17, 15) is 4.79 Å². The number of fused-ring (bicyclic) bond motifs is 1. The second kappa shape index (κ2) is 5.66. The van der Waals surface area contributed by atoms with Crippen LogP contribution >= 0.6 is 0 Å². The highest BCUT2D eigenvalue weighted by molar-refractivity contribution is 5.69. The molecule has 2 heterocycles. The predicted molar refractivity (Wildman–Crippen MR) is 90.8 cm³/mol. The summed E-state index contributed by atoms with van der Waals surface area (Å²) in [6.07, 6.45) is -0.343. The highest BCUT2D eigenvalue weighted by Crippen LogP contribution is 2.47. The average molecular weight is 328 g/mol. The lowest BCUT2D eigenvalue weighted by atomic mass is 10.1. The van der Waals surface area contributed by atoms with Crippen LogP contribution in [0.3, 0.4) is 0 Å². The van der Waals surface area contributed by atoms with Gasteiger partial charge >= 0.3 is 6.09 Å². The Kier molecular flexibility index (Phi) is 3.90. The van der Waals surface area contributed by atoms with E-state index in [1.165, 1.54) is 0 Å². The summed E-state index contributed by atoms with van der Waals surface area (Å²) < 4.78 is 5.32. The van der Waals surface area contributed by atoms with E-state index in [4.69, 9.17) is 10.00 Å². The van der Waals surface area contributed by atoms with Crippen LogP contribution in [0.2, 0.25) is 0 Å². The van der Waals surface area contributed by atoms with Gasteiger partial charge in [-0.25, -0.2) is 9.78 Å². The second-order valence-corrected chi connectivity index (χ2v) is 7.79. The van der Waals surface area contributed by atoms with Gasteiger partial charge in [-0.1, -0.05) is 0 Å². The normalized spacial score (nSPS) is 25.0. The van der Waals surface area contributed by atoms with Gasteiger partial charge in [0.05, 0.1) is 0 Å². The molecule has 24 heavy (non-hydrogen) atoms. The lowest BCUT2D eigenvalue weighted by Gasteiger charge is -2.24. The largest absolute Gasteiger partial charge is 0.444 e. The van der Waals surface area contributed by atoms with Crippen LogP contribution in [0.5, 0.6) is 0 Å². The number of aromatic nitrogens is 1. The summed E-state index contributed by atoms with van der Waals surface area (Å²) in [5.41, 5.74) is 2.18. The number of carbonyl (C=O) groups is 1. The van der Waals surface area contributed by atoms with Crippen molar-refractivity contribution in [2.45, 2.75) is 46.3 Å². The molecule has 1 aromatic rings. The zero-order chi connectivity index (χ0) is 17.6. The van der Waals surface area contributed by atoms with Crippen LogP contribution in [0.25, 0.3) is 0 Å². The SMILES string of the molecule is Cc1cc(C#N)nc(N2CC3C(C2)C3NC(=O)OC(C)(C)C)c1C. The van der Waals surface area contributed by atoms with Crippen molar-refractivity contribution < 1.29 is 9.53 Å². The quantitative estimate of drug-likeness (QED) is 0.902. The van der Waals surface area contributed by atoms with Gasteiger partial charge in [0.2, 0.25) is 0 Å². The molecule has 0 spiro atoms. The van der Waals surface area contributed by atoms with E-state index in [0.29, 0.717) is 17.5 Å².